The summed E-state index contributed by atoms with van der Waals surface area (Å²) in [7, 11) is -1.47. The molecule has 2 aromatic rings. The normalized spacial score (nSPS) is 12.1. The van der Waals surface area contributed by atoms with Gasteiger partial charge in [0.15, 0.2) is 5.78 Å². The Morgan fingerprint density at radius 1 is 1.10 bits per heavy atom. The molecule has 0 aliphatic rings. The molecule has 0 bridgehead atoms. The van der Waals surface area contributed by atoms with Crippen molar-refractivity contribution in [2.24, 2.45) is 0 Å². The Morgan fingerprint density at radius 3 is 2.38 bits per heavy atom. The highest BCUT2D eigenvalue weighted by Crippen LogP contribution is 2.13. The van der Waals surface area contributed by atoms with Crippen molar-refractivity contribution in [2.45, 2.75) is 5.75 Å². The lowest BCUT2D eigenvalue weighted by Gasteiger charge is -2.04. The first-order valence-electron chi connectivity index (χ1n) is 6.03. The molecule has 21 heavy (non-hydrogen) atoms. The van der Waals surface area contributed by atoms with Crippen LogP contribution in [-0.4, -0.2) is 15.7 Å². The lowest BCUT2D eigenvalue weighted by molar-refractivity contribution is 0.101. The van der Waals surface area contributed by atoms with Crippen LogP contribution in [0.5, 0.6) is 0 Å². The van der Waals surface area contributed by atoms with Gasteiger partial charge in [-0.25, -0.2) is 8.78 Å². The third-order valence-corrected chi connectivity index (χ3v) is 4.26. The van der Waals surface area contributed by atoms with Gasteiger partial charge >= 0.3 is 0 Å². The van der Waals surface area contributed by atoms with Crippen LogP contribution in [0.1, 0.15) is 15.9 Å². The van der Waals surface area contributed by atoms with Crippen molar-refractivity contribution in [3.8, 4) is 0 Å². The largest absolute Gasteiger partial charge is 0.293 e. The number of carbonyl (C=O) groups is 1. The second kappa shape index (κ2) is 6.91. The zero-order valence-corrected chi connectivity index (χ0v) is 12.4. The van der Waals surface area contributed by atoms with Gasteiger partial charge in [-0.3, -0.25) is 9.00 Å². The van der Waals surface area contributed by atoms with Crippen molar-refractivity contribution >= 4 is 28.2 Å². The third kappa shape index (κ3) is 4.44. The average molecular weight is 329 g/mol. The van der Waals surface area contributed by atoms with E-state index >= 15 is 0 Å². The van der Waals surface area contributed by atoms with Gasteiger partial charge in [0.2, 0.25) is 0 Å². The van der Waals surface area contributed by atoms with Crippen molar-refractivity contribution in [3.63, 3.8) is 0 Å². The summed E-state index contributed by atoms with van der Waals surface area (Å²) in [6, 6.07) is 9.44. The minimum Gasteiger partial charge on any atom is -0.293 e. The molecule has 0 saturated carbocycles. The zero-order chi connectivity index (χ0) is 15.4. The van der Waals surface area contributed by atoms with Gasteiger partial charge in [0.05, 0.1) is 11.3 Å². The van der Waals surface area contributed by atoms with Crippen LogP contribution < -0.4 is 0 Å². The molecule has 6 heteroatoms. The van der Waals surface area contributed by atoms with Crippen LogP contribution >= 0.6 is 11.6 Å². The highest BCUT2D eigenvalue weighted by Gasteiger charge is 2.15. The molecule has 0 aliphatic carbocycles. The topological polar surface area (TPSA) is 34.1 Å². The fraction of sp³-hybridized carbons (Fsp3) is 0.133. The fourth-order valence-electron chi connectivity index (χ4n) is 1.76. The maximum Gasteiger partial charge on any atom is 0.178 e. The lowest BCUT2D eigenvalue weighted by Crippen LogP contribution is -2.14. The summed E-state index contributed by atoms with van der Waals surface area (Å²) in [6.07, 6.45) is 0. The zero-order valence-electron chi connectivity index (χ0n) is 10.8. The minimum absolute atomic E-state index is 0.172. The van der Waals surface area contributed by atoms with Gasteiger partial charge in [0.25, 0.3) is 0 Å². The fourth-order valence-corrected chi connectivity index (χ4v) is 3.00. The molecule has 2 nitrogen and oxygen atoms in total. The first-order chi connectivity index (χ1) is 9.95. The van der Waals surface area contributed by atoms with E-state index in [1.807, 2.05) is 0 Å². The van der Waals surface area contributed by atoms with Gasteiger partial charge in [-0.15, -0.1) is 0 Å². The number of benzene rings is 2. The van der Waals surface area contributed by atoms with E-state index in [-0.39, 0.29) is 17.1 Å². The lowest BCUT2D eigenvalue weighted by atomic mass is 10.1. The molecular weight excluding hydrogens is 318 g/mol. The number of Topliss-reactive ketones (excluding diaryl/α,β-unsaturated/α-hetero) is 1. The monoisotopic (exact) mass is 328 g/mol. The Kier molecular flexibility index (Phi) is 5.20. The van der Waals surface area contributed by atoms with Gasteiger partial charge in [-0.1, -0.05) is 23.7 Å². The molecule has 110 valence electrons. The molecular formula is C15H11ClF2O2S. The van der Waals surface area contributed by atoms with Gasteiger partial charge in [-0.2, -0.15) is 0 Å². The van der Waals surface area contributed by atoms with Crippen molar-refractivity contribution in [3.05, 3.63) is 70.2 Å². The molecule has 0 spiro atoms. The number of hydrogen-bond acceptors (Lipinski definition) is 2. The highest BCUT2D eigenvalue weighted by atomic mass is 35.5. The Balaban J connectivity index is 2.02. The second-order valence-corrected chi connectivity index (χ2v) is 6.30. The molecule has 0 radical (unpaired) electrons. The predicted molar refractivity (Wildman–Crippen MR) is 78.9 cm³/mol. The Bertz CT molecular complexity index is 687. The number of hydrogen-bond donors (Lipinski definition) is 0. The van der Waals surface area contributed by atoms with Crippen LogP contribution in [0.15, 0.2) is 42.5 Å². The maximum atomic E-state index is 13.4. The first-order valence-corrected chi connectivity index (χ1v) is 7.90. The van der Waals surface area contributed by atoms with Crippen molar-refractivity contribution in [2.75, 3.05) is 5.75 Å². The number of carbonyl (C=O) groups excluding carboxylic acids is 1. The Labute approximate surface area is 128 Å². The molecule has 2 aromatic carbocycles. The predicted octanol–water partition coefficient (Wildman–Crippen LogP) is 3.75. The number of rotatable bonds is 5. The summed E-state index contributed by atoms with van der Waals surface area (Å²) < 4.78 is 38.1. The summed E-state index contributed by atoms with van der Waals surface area (Å²) in [5, 5.41) is 0.564. The van der Waals surface area contributed by atoms with Gasteiger partial charge in [0, 0.05) is 27.6 Å². The quantitative estimate of drug-likeness (QED) is 0.783. The Hall–Kier alpha value is -1.59. The smallest absolute Gasteiger partial charge is 0.178 e. The molecule has 0 fully saturated rings. The maximum absolute atomic E-state index is 13.4. The average Bonchev–Trinajstić information content (AvgIpc) is 2.41. The van der Waals surface area contributed by atoms with Crippen molar-refractivity contribution < 1.29 is 17.8 Å². The summed E-state index contributed by atoms with van der Waals surface area (Å²) in [6.45, 7) is 0. The van der Waals surface area contributed by atoms with Crippen LogP contribution in [0.3, 0.4) is 0 Å². The van der Waals surface area contributed by atoms with Crippen molar-refractivity contribution in [1.82, 2.24) is 0 Å². The summed E-state index contributed by atoms with van der Waals surface area (Å²) in [5.41, 5.74) is 0.519. The Morgan fingerprint density at radius 2 is 1.76 bits per heavy atom. The van der Waals surface area contributed by atoms with E-state index in [9.17, 15) is 17.8 Å². The van der Waals surface area contributed by atoms with E-state index in [1.54, 1.807) is 24.3 Å². The van der Waals surface area contributed by atoms with Crippen molar-refractivity contribution in [1.29, 1.82) is 0 Å². The number of ketones is 1. The molecule has 0 saturated heterocycles. The van der Waals surface area contributed by atoms with Crippen LogP contribution in [-0.2, 0) is 16.6 Å². The highest BCUT2D eigenvalue weighted by molar-refractivity contribution is 7.85. The second-order valence-electron chi connectivity index (χ2n) is 4.40. The van der Waals surface area contributed by atoms with Gasteiger partial charge in [-0.05, 0) is 29.8 Å². The van der Waals surface area contributed by atoms with Crippen LogP contribution in [0, 0.1) is 11.6 Å². The van der Waals surface area contributed by atoms with Crippen LogP contribution in [0.2, 0.25) is 5.02 Å². The van der Waals surface area contributed by atoms with Gasteiger partial charge < -0.3 is 0 Å². The summed E-state index contributed by atoms with van der Waals surface area (Å²) in [5.74, 6) is -2.45. The SMILES string of the molecule is O=C(CS(=O)Cc1ccc(Cl)cc1)c1ccc(F)cc1F. The van der Waals surface area contributed by atoms with E-state index in [0.717, 1.165) is 17.7 Å². The molecule has 2 rings (SSSR count). The van der Waals surface area contributed by atoms with E-state index in [0.29, 0.717) is 11.1 Å². The molecule has 1 atom stereocenters. The third-order valence-electron chi connectivity index (χ3n) is 2.76. The van der Waals surface area contributed by atoms with E-state index in [2.05, 4.69) is 0 Å². The standard InChI is InChI=1S/C15H11ClF2O2S/c16-11-3-1-10(2-4-11)8-21(20)9-15(19)13-6-5-12(17)7-14(13)18/h1-7H,8-9H2. The van der Waals surface area contributed by atoms with Gasteiger partial charge in [0.1, 0.15) is 11.6 Å². The van der Waals surface area contributed by atoms with E-state index in [4.69, 9.17) is 11.6 Å². The summed E-state index contributed by atoms with van der Waals surface area (Å²) in [4.78, 5) is 11.9. The first kappa shape index (κ1) is 15.8. The summed E-state index contributed by atoms with van der Waals surface area (Å²) >= 11 is 5.74. The van der Waals surface area contributed by atoms with Crippen LogP contribution in [0.4, 0.5) is 8.78 Å². The van der Waals surface area contributed by atoms with E-state index < -0.39 is 28.2 Å². The molecule has 0 heterocycles. The molecule has 0 amide bonds. The minimum atomic E-state index is -1.47. The molecule has 0 aromatic heterocycles. The van der Waals surface area contributed by atoms with E-state index in [1.165, 1.54) is 0 Å². The molecule has 0 N–H and O–H groups in total. The van der Waals surface area contributed by atoms with Crippen LogP contribution in [0.25, 0.3) is 0 Å². The molecule has 1 unspecified atom stereocenters. The molecule has 0 aliphatic heterocycles. The number of halogens is 3.